The molecular weight excluding hydrogens is 428 g/mol. The van der Waals surface area contributed by atoms with E-state index in [1.165, 1.54) is 0 Å². The van der Waals surface area contributed by atoms with E-state index in [4.69, 9.17) is 16.3 Å². The third-order valence-corrected chi connectivity index (χ3v) is 6.47. The van der Waals surface area contributed by atoms with Gasteiger partial charge in [0.25, 0.3) is 5.91 Å². The molecule has 1 aromatic carbocycles. The standard InChI is InChI=1S/C22H26ClF2N3O3/c23-17-2-1-3-18-20(17)16(13-28(18)14-19(29)27-8-10-31-11-9-27)21(30)26-12-15-4-6-22(24,25)7-5-15/h1-3,13,15H,4-12,14H2,(H,26,30). The quantitative estimate of drug-likeness (QED) is 0.750. The van der Waals surface area contributed by atoms with Gasteiger partial charge in [0.2, 0.25) is 11.8 Å². The highest BCUT2D eigenvalue weighted by Crippen LogP contribution is 2.36. The van der Waals surface area contributed by atoms with E-state index in [-0.39, 0.29) is 37.1 Å². The number of hydrogen-bond donors (Lipinski definition) is 1. The molecule has 2 fully saturated rings. The average Bonchev–Trinajstić information content (AvgIpc) is 3.13. The zero-order valence-corrected chi connectivity index (χ0v) is 18.0. The fourth-order valence-electron chi connectivity index (χ4n) is 4.31. The van der Waals surface area contributed by atoms with Crippen molar-refractivity contribution in [2.24, 2.45) is 5.92 Å². The molecule has 0 radical (unpaired) electrons. The zero-order valence-electron chi connectivity index (χ0n) is 17.2. The van der Waals surface area contributed by atoms with Crippen molar-refractivity contribution in [1.29, 1.82) is 0 Å². The van der Waals surface area contributed by atoms with Crippen LogP contribution < -0.4 is 5.32 Å². The Kier molecular flexibility index (Phi) is 6.48. The number of carbonyl (C=O) groups excluding carboxylic acids is 2. The van der Waals surface area contributed by atoms with Crippen LogP contribution in [0.2, 0.25) is 5.02 Å². The van der Waals surface area contributed by atoms with Gasteiger partial charge in [-0.25, -0.2) is 8.78 Å². The monoisotopic (exact) mass is 453 g/mol. The van der Waals surface area contributed by atoms with Crippen LogP contribution in [-0.2, 0) is 16.1 Å². The first-order chi connectivity index (χ1) is 14.8. The number of hydrogen-bond acceptors (Lipinski definition) is 3. The Morgan fingerprint density at radius 3 is 2.61 bits per heavy atom. The number of rotatable bonds is 5. The van der Waals surface area contributed by atoms with Gasteiger partial charge in [0.1, 0.15) is 6.54 Å². The van der Waals surface area contributed by atoms with E-state index in [1.807, 2.05) is 6.07 Å². The summed E-state index contributed by atoms with van der Waals surface area (Å²) in [6, 6.07) is 5.32. The van der Waals surface area contributed by atoms with Gasteiger partial charge < -0.3 is 19.5 Å². The number of fused-ring (bicyclic) bond motifs is 1. The molecule has 2 amide bonds. The molecule has 2 aliphatic rings. The van der Waals surface area contributed by atoms with Crippen LogP contribution in [0, 0.1) is 5.92 Å². The molecule has 31 heavy (non-hydrogen) atoms. The minimum Gasteiger partial charge on any atom is -0.378 e. The van der Waals surface area contributed by atoms with Gasteiger partial charge in [-0.15, -0.1) is 0 Å². The van der Waals surface area contributed by atoms with Crippen molar-refractivity contribution in [3.05, 3.63) is 35.0 Å². The molecule has 2 heterocycles. The van der Waals surface area contributed by atoms with Crippen LogP contribution in [-0.4, -0.2) is 60.1 Å². The van der Waals surface area contributed by atoms with E-state index >= 15 is 0 Å². The number of alkyl halides is 2. The summed E-state index contributed by atoms with van der Waals surface area (Å²) in [6.45, 7) is 2.58. The van der Waals surface area contributed by atoms with Gasteiger partial charge in [-0.3, -0.25) is 9.59 Å². The highest BCUT2D eigenvalue weighted by Gasteiger charge is 2.35. The van der Waals surface area contributed by atoms with Crippen LogP contribution in [0.3, 0.4) is 0 Å². The molecule has 9 heteroatoms. The van der Waals surface area contributed by atoms with Crippen LogP contribution >= 0.6 is 11.6 Å². The molecule has 1 saturated carbocycles. The minimum atomic E-state index is -2.59. The van der Waals surface area contributed by atoms with Crippen molar-refractivity contribution in [2.75, 3.05) is 32.8 Å². The lowest BCUT2D eigenvalue weighted by Gasteiger charge is -2.28. The van der Waals surface area contributed by atoms with E-state index in [0.717, 1.165) is 0 Å². The first kappa shape index (κ1) is 22.0. The van der Waals surface area contributed by atoms with Gasteiger partial charge >= 0.3 is 0 Å². The molecule has 0 unspecified atom stereocenters. The van der Waals surface area contributed by atoms with E-state index in [1.54, 1.807) is 27.8 Å². The van der Waals surface area contributed by atoms with Crippen molar-refractivity contribution in [3.63, 3.8) is 0 Å². The molecule has 1 aliphatic heterocycles. The van der Waals surface area contributed by atoms with Crippen molar-refractivity contribution in [1.82, 2.24) is 14.8 Å². The molecule has 1 N–H and O–H groups in total. The lowest BCUT2D eigenvalue weighted by molar-refractivity contribution is -0.135. The molecule has 0 bridgehead atoms. The Labute approximate surface area is 184 Å². The minimum absolute atomic E-state index is 0.0373. The number of benzene rings is 1. The van der Waals surface area contributed by atoms with E-state index in [0.29, 0.717) is 67.2 Å². The van der Waals surface area contributed by atoms with Crippen molar-refractivity contribution < 1.29 is 23.1 Å². The highest BCUT2D eigenvalue weighted by molar-refractivity contribution is 6.36. The second-order valence-electron chi connectivity index (χ2n) is 8.31. The first-order valence-electron chi connectivity index (χ1n) is 10.6. The predicted octanol–water partition coefficient (Wildman–Crippen LogP) is 3.71. The fraction of sp³-hybridized carbons (Fsp3) is 0.545. The Hall–Kier alpha value is -2.19. The van der Waals surface area contributed by atoms with E-state index in [9.17, 15) is 18.4 Å². The van der Waals surface area contributed by atoms with Crippen molar-refractivity contribution in [3.8, 4) is 0 Å². The van der Waals surface area contributed by atoms with Gasteiger partial charge in [-0.05, 0) is 30.9 Å². The maximum absolute atomic E-state index is 13.4. The number of halogens is 3. The SMILES string of the molecule is O=C(NCC1CCC(F)(F)CC1)c1cn(CC(=O)N2CCOCC2)c2cccc(Cl)c12. The predicted molar refractivity (Wildman–Crippen MR) is 114 cm³/mol. The Morgan fingerprint density at radius 2 is 1.90 bits per heavy atom. The number of nitrogens with zero attached hydrogens (tertiary/aromatic N) is 2. The lowest BCUT2D eigenvalue weighted by Crippen LogP contribution is -2.42. The van der Waals surface area contributed by atoms with Gasteiger partial charge in [-0.1, -0.05) is 17.7 Å². The normalized spacial score (nSPS) is 19.5. The molecule has 2 aromatic rings. The Balaban J connectivity index is 1.49. The summed E-state index contributed by atoms with van der Waals surface area (Å²) in [5.41, 5.74) is 1.09. The van der Waals surface area contributed by atoms with Gasteiger partial charge in [0, 0.05) is 44.1 Å². The third-order valence-electron chi connectivity index (χ3n) is 6.16. The summed E-state index contributed by atoms with van der Waals surface area (Å²) < 4.78 is 33.8. The van der Waals surface area contributed by atoms with Crippen LogP contribution in [0.5, 0.6) is 0 Å². The molecule has 168 valence electrons. The highest BCUT2D eigenvalue weighted by atomic mass is 35.5. The van der Waals surface area contributed by atoms with Crippen LogP contribution in [0.1, 0.15) is 36.0 Å². The molecule has 1 aliphatic carbocycles. The van der Waals surface area contributed by atoms with Crippen molar-refractivity contribution >= 4 is 34.3 Å². The van der Waals surface area contributed by atoms with Gasteiger partial charge in [-0.2, -0.15) is 0 Å². The van der Waals surface area contributed by atoms with Crippen LogP contribution in [0.15, 0.2) is 24.4 Å². The van der Waals surface area contributed by atoms with Crippen LogP contribution in [0.25, 0.3) is 10.9 Å². The third kappa shape index (κ3) is 5.01. The number of morpholine rings is 1. The molecule has 4 rings (SSSR count). The number of nitrogens with one attached hydrogen (secondary N) is 1. The number of aromatic nitrogens is 1. The molecule has 1 aromatic heterocycles. The zero-order chi connectivity index (χ0) is 22.0. The molecule has 0 atom stereocenters. The fourth-order valence-corrected chi connectivity index (χ4v) is 4.58. The lowest BCUT2D eigenvalue weighted by atomic mass is 9.87. The van der Waals surface area contributed by atoms with Crippen molar-refractivity contribution in [2.45, 2.75) is 38.2 Å². The summed E-state index contributed by atoms with van der Waals surface area (Å²) in [5.74, 6) is -2.91. The molecule has 1 saturated heterocycles. The van der Waals surface area contributed by atoms with Crippen LogP contribution in [0.4, 0.5) is 8.78 Å². The second kappa shape index (κ2) is 9.12. The maximum atomic E-state index is 13.4. The number of carbonyl (C=O) groups is 2. The summed E-state index contributed by atoms with van der Waals surface area (Å²) in [5, 5.41) is 3.90. The topological polar surface area (TPSA) is 63.6 Å². The molecule has 6 nitrogen and oxygen atoms in total. The molecule has 0 spiro atoms. The molecular formula is C22H26ClF2N3O3. The largest absolute Gasteiger partial charge is 0.378 e. The second-order valence-corrected chi connectivity index (χ2v) is 8.71. The summed E-state index contributed by atoms with van der Waals surface area (Å²) >= 11 is 6.40. The van der Waals surface area contributed by atoms with Gasteiger partial charge in [0.05, 0.1) is 29.3 Å². The summed E-state index contributed by atoms with van der Waals surface area (Å²) in [4.78, 5) is 27.4. The number of amides is 2. The Morgan fingerprint density at radius 1 is 1.19 bits per heavy atom. The summed E-state index contributed by atoms with van der Waals surface area (Å²) in [7, 11) is 0. The first-order valence-corrected chi connectivity index (χ1v) is 11.0. The summed E-state index contributed by atoms with van der Waals surface area (Å²) in [6.07, 6.45) is 2.16. The average molecular weight is 454 g/mol. The van der Waals surface area contributed by atoms with E-state index < -0.39 is 5.92 Å². The maximum Gasteiger partial charge on any atom is 0.253 e. The van der Waals surface area contributed by atoms with E-state index in [2.05, 4.69) is 5.32 Å². The number of ether oxygens (including phenoxy) is 1. The van der Waals surface area contributed by atoms with Gasteiger partial charge in [0.15, 0.2) is 0 Å². The smallest absolute Gasteiger partial charge is 0.253 e. The Bertz CT molecular complexity index is 962.